The van der Waals surface area contributed by atoms with Crippen molar-refractivity contribution in [2.45, 2.75) is 30.2 Å². The van der Waals surface area contributed by atoms with Gasteiger partial charge in [0.25, 0.3) is 0 Å². The Bertz CT molecular complexity index is 995. The zero-order chi connectivity index (χ0) is 24.0. The van der Waals surface area contributed by atoms with E-state index in [9.17, 15) is 4.79 Å². The van der Waals surface area contributed by atoms with Crippen LogP contribution in [0.1, 0.15) is 18.4 Å². The molecule has 2 saturated heterocycles. The lowest BCUT2D eigenvalue weighted by Gasteiger charge is -2.38. The van der Waals surface area contributed by atoms with Crippen LogP contribution >= 0.6 is 23.4 Å². The lowest BCUT2D eigenvalue weighted by Crippen LogP contribution is -2.45. The number of amides is 1. The van der Waals surface area contributed by atoms with Crippen molar-refractivity contribution >= 4 is 35.1 Å². The van der Waals surface area contributed by atoms with Crippen LogP contribution in [-0.2, 0) is 20.7 Å². The fraction of sp³-hybridized carbons (Fsp3) is 0.522. The van der Waals surface area contributed by atoms with E-state index < -0.39 is 5.79 Å². The van der Waals surface area contributed by atoms with E-state index in [0.717, 1.165) is 37.3 Å². The van der Waals surface area contributed by atoms with Crippen LogP contribution in [0.2, 0.25) is 5.15 Å². The molecule has 3 heterocycles. The Morgan fingerprint density at radius 3 is 2.59 bits per heavy atom. The second kappa shape index (κ2) is 11.4. The first-order valence-corrected chi connectivity index (χ1v) is 12.5. The second-order valence-electron chi connectivity index (χ2n) is 8.00. The molecule has 0 saturated carbocycles. The highest BCUT2D eigenvalue weighted by molar-refractivity contribution is 7.99. The largest absolute Gasteiger partial charge is 0.493 e. The Hall–Kier alpha value is -2.27. The number of halogens is 1. The van der Waals surface area contributed by atoms with E-state index >= 15 is 0 Å². The van der Waals surface area contributed by atoms with Gasteiger partial charge in [0.2, 0.25) is 5.91 Å². The third-order valence-electron chi connectivity index (χ3n) is 5.84. The van der Waals surface area contributed by atoms with E-state index in [2.05, 4.69) is 20.2 Å². The fourth-order valence-corrected chi connectivity index (χ4v) is 4.95. The number of nitrogens with one attached hydrogen (secondary N) is 1. The van der Waals surface area contributed by atoms with Gasteiger partial charge in [-0.3, -0.25) is 4.79 Å². The van der Waals surface area contributed by atoms with Gasteiger partial charge >= 0.3 is 0 Å². The zero-order valence-electron chi connectivity index (χ0n) is 19.3. The van der Waals surface area contributed by atoms with Crippen molar-refractivity contribution in [1.29, 1.82) is 0 Å². The molecule has 0 radical (unpaired) electrons. The Morgan fingerprint density at radius 1 is 1.15 bits per heavy atom. The zero-order valence-corrected chi connectivity index (χ0v) is 20.9. The SMILES string of the molecule is COc1ccc(CCNC(=O)CSc2nc(Cl)cc(N3CCC4(CC3)OCCO4)n2)cc1OC. The highest BCUT2D eigenvalue weighted by atomic mass is 35.5. The Morgan fingerprint density at radius 2 is 1.88 bits per heavy atom. The molecule has 4 rings (SSSR count). The summed E-state index contributed by atoms with van der Waals surface area (Å²) in [6.07, 6.45) is 2.23. The number of ether oxygens (including phenoxy) is 4. The molecule has 11 heteroatoms. The van der Waals surface area contributed by atoms with E-state index in [-0.39, 0.29) is 11.7 Å². The summed E-state index contributed by atoms with van der Waals surface area (Å²) in [4.78, 5) is 23.4. The number of methoxy groups -OCH3 is 2. The van der Waals surface area contributed by atoms with Crippen LogP contribution in [0.15, 0.2) is 29.4 Å². The van der Waals surface area contributed by atoms with Gasteiger partial charge in [0.1, 0.15) is 11.0 Å². The molecule has 1 aromatic heterocycles. The summed E-state index contributed by atoms with van der Waals surface area (Å²) < 4.78 is 22.2. The molecule has 0 aliphatic carbocycles. The average Bonchev–Trinajstić information content (AvgIpc) is 3.30. The number of carbonyl (C=O) groups is 1. The Kier molecular flexibility index (Phi) is 8.36. The maximum absolute atomic E-state index is 12.3. The predicted molar refractivity (Wildman–Crippen MR) is 130 cm³/mol. The van der Waals surface area contributed by atoms with Crippen molar-refractivity contribution in [3.05, 3.63) is 35.0 Å². The van der Waals surface area contributed by atoms with Crippen molar-refractivity contribution in [3.63, 3.8) is 0 Å². The first kappa shape index (κ1) is 24.8. The first-order valence-electron chi connectivity index (χ1n) is 11.2. The fourth-order valence-electron chi connectivity index (χ4n) is 4.04. The third-order valence-corrected chi connectivity index (χ3v) is 6.88. The molecule has 1 amide bonds. The van der Waals surface area contributed by atoms with Crippen LogP contribution in [-0.4, -0.2) is 74.5 Å². The van der Waals surface area contributed by atoms with Crippen LogP contribution in [0.3, 0.4) is 0 Å². The molecule has 1 N–H and O–H groups in total. The minimum Gasteiger partial charge on any atom is -0.493 e. The molecule has 184 valence electrons. The molecule has 0 bridgehead atoms. The summed E-state index contributed by atoms with van der Waals surface area (Å²) >= 11 is 7.51. The second-order valence-corrected chi connectivity index (χ2v) is 9.33. The number of hydrogen-bond acceptors (Lipinski definition) is 9. The molecule has 2 fully saturated rings. The quantitative estimate of drug-likeness (QED) is 0.311. The molecule has 34 heavy (non-hydrogen) atoms. The molecule has 2 aliphatic rings. The number of anilines is 1. The molecule has 1 aromatic carbocycles. The third kappa shape index (κ3) is 6.24. The Balaban J connectivity index is 1.25. The van der Waals surface area contributed by atoms with Gasteiger partial charge in [-0.1, -0.05) is 29.4 Å². The summed E-state index contributed by atoms with van der Waals surface area (Å²) in [5, 5.41) is 3.76. The molecular weight excluding hydrogens is 480 g/mol. The van der Waals surface area contributed by atoms with Crippen molar-refractivity contribution < 1.29 is 23.7 Å². The van der Waals surface area contributed by atoms with Gasteiger partial charge in [0, 0.05) is 38.5 Å². The monoisotopic (exact) mass is 508 g/mol. The number of benzene rings is 1. The molecule has 9 nitrogen and oxygen atoms in total. The standard InChI is InChI=1S/C23H29ClN4O5S/c1-30-17-4-3-16(13-18(17)31-2)5-8-25-21(29)15-34-22-26-19(24)14-20(27-22)28-9-6-23(7-10-28)32-11-12-33-23/h3-4,13-14H,5-12,15H2,1-2H3,(H,25,29). The molecule has 2 aliphatic heterocycles. The highest BCUT2D eigenvalue weighted by Crippen LogP contribution is 2.33. The van der Waals surface area contributed by atoms with Crippen molar-refractivity contribution in [2.75, 3.05) is 57.7 Å². The van der Waals surface area contributed by atoms with Gasteiger partial charge < -0.3 is 29.2 Å². The average molecular weight is 509 g/mol. The molecular formula is C23H29ClN4O5S. The normalized spacial score (nSPS) is 17.1. The summed E-state index contributed by atoms with van der Waals surface area (Å²) in [6, 6.07) is 7.48. The first-order chi connectivity index (χ1) is 16.5. The molecule has 0 unspecified atom stereocenters. The van der Waals surface area contributed by atoms with Crippen LogP contribution < -0.4 is 19.7 Å². The van der Waals surface area contributed by atoms with Crippen LogP contribution in [0.25, 0.3) is 0 Å². The molecule has 0 atom stereocenters. The lowest BCUT2D eigenvalue weighted by atomic mass is 10.0. The van der Waals surface area contributed by atoms with Crippen molar-refractivity contribution in [2.24, 2.45) is 0 Å². The molecule has 2 aromatic rings. The Labute approximate surface area is 208 Å². The number of hydrogen-bond donors (Lipinski definition) is 1. The number of thioether (sulfide) groups is 1. The van der Waals surface area contributed by atoms with Gasteiger partial charge in [0.15, 0.2) is 22.4 Å². The topological polar surface area (TPSA) is 95.0 Å². The smallest absolute Gasteiger partial charge is 0.230 e. The molecule has 1 spiro atoms. The minimum absolute atomic E-state index is 0.0916. The summed E-state index contributed by atoms with van der Waals surface area (Å²) in [6.45, 7) is 3.32. The van der Waals surface area contributed by atoms with Gasteiger partial charge in [-0.15, -0.1) is 0 Å². The minimum atomic E-state index is -0.445. The van der Waals surface area contributed by atoms with Gasteiger partial charge in [-0.25, -0.2) is 9.97 Å². The summed E-state index contributed by atoms with van der Waals surface area (Å²) in [5.74, 6) is 1.77. The maximum atomic E-state index is 12.3. The summed E-state index contributed by atoms with van der Waals surface area (Å²) in [5.41, 5.74) is 1.05. The summed E-state index contributed by atoms with van der Waals surface area (Å²) in [7, 11) is 3.20. The number of aromatic nitrogens is 2. The van der Waals surface area contributed by atoms with Crippen LogP contribution in [0.5, 0.6) is 11.5 Å². The maximum Gasteiger partial charge on any atom is 0.230 e. The van der Waals surface area contributed by atoms with E-state index in [0.29, 0.717) is 48.0 Å². The van der Waals surface area contributed by atoms with Gasteiger partial charge in [-0.05, 0) is 24.1 Å². The van der Waals surface area contributed by atoms with E-state index in [4.69, 9.17) is 30.5 Å². The lowest BCUT2D eigenvalue weighted by molar-refractivity contribution is -0.169. The van der Waals surface area contributed by atoms with Gasteiger partial charge in [0.05, 0.1) is 33.2 Å². The van der Waals surface area contributed by atoms with Crippen molar-refractivity contribution in [1.82, 2.24) is 15.3 Å². The number of nitrogens with zero attached hydrogens (tertiary/aromatic N) is 3. The van der Waals surface area contributed by atoms with E-state index in [1.807, 2.05) is 18.2 Å². The highest BCUT2D eigenvalue weighted by Gasteiger charge is 2.40. The van der Waals surface area contributed by atoms with E-state index in [1.54, 1.807) is 20.3 Å². The predicted octanol–water partition coefficient (Wildman–Crippen LogP) is 2.94. The number of rotatable bonds is 9. The van der Waals surface area contributed by atoms with Crippen LogP contribution in [0, 0.1) is 0 Å². The number of carbonyl (C=O) groups excluding carboxylic acids is 1. The van der Waals surface area contributed by atoms with Gasteiger partial charge in [-0.2, -0.15) is 0 Å². The van der Waals surface area contributed by atoms with Crippen molar-refractivity contribution in [3.8, 4) is 11.5 Å². The van der Waals surface area contributed by atoms with Crippen LogP contribution in [0.4, 0.5) is 5.82 Å². The number of piperidine rings is 1. The van der Waals surface area contributed by atoms with E-state index in [1.165, 1.54) is 11.8 Å².